The normalized spacial score (nSPS) is 20.1. The van der Waals surface area contributed by atoms with Crippen LogP contribution in [0.15, 0.2) is 18.2 Å². The van der Waals surface area contributed by atoms with Crippen molar-refractivity contribution in [1.82, 2.24) is 0 Å². The quantitative estimate of drug-likeness (QED) is 0.849. The molecule has 0 spiro atoms. The van der Waals surface area contributed by atoms with Gasteiger partial charge in [-0.15, -0.1) is 0 Å². The summed E-state index contributed by atoms with van der Waals surface area (Å²) in [5.74, 6) is -0.364. The molecule has 2 unspecified atom stereocenters. The zero-order valence-corrected chi connectivity index (χ0v) is 10.8. The van der Waals surface area contributed by atoms with Crippen LogP contribution in [0.1, 0.15) is 37.0 Å². The van der Waals surface area contributed by atoms with Crippen molar-refractivity contribution in [3.8, 4) is 6.07 Å². The van der Waals surface area contributed by atoms with Crippen LogP contribution in [-0.2, 0) is 4.79 Å². The van der Waals surface area contributed by atoms with Crippen molar-refractivity contribution in [1.29, 1.82) is 5.26 Å². The predicted octanol–water partition coefficient (Wildman–Crippen LogP) is 1.07. The summed E-state index contributed by atoms with van der Waals surface area (Å²) in [4.78, 5) is 13.4. The van der Waals surface area contributed by atoms with Crippen molar-refractivity contribution in [3.63, 3.8) is 0 Å². The molecule has 0 bridgehead atoms. The largest absolute Gasteiger partial charge is 0.389 e. The molecule has 1 aromatic carbocycles. The van der Waals surface area contributed by atoms with Gasteiger partial charge in [0.15, 0.2) is 0 Å². The minimum Gasteiger partial charge on any atom is -0.389 e. The first-order chi connectivity index (χ1) is 9.04. The Hall–Kier alpha value is -2.06. The van der Waals surface area contributed by atoms with Crippen LogP contribution in [0.5, 0.6) is 0 Å². The van der Waals surface area contributed by atoms with Crippen LogP contribution in [0.4, 0.5) is 5.69 Å². The Morgan fingerprint density at radius 3 is 2.95 bits per heavy atom. The highest BCUT2D eigenvalue weighted by Crippen LogP contribution is 2.32. The van der Waals surface area contributed by atoms with Crippen LogP contribution in [-0.4, -0.2) is 23.6 Å². The number of nitriles is 1. The third-order valence-electron chi connectivity index (χ3n) is 3.50. The first-order valence-electron chi connectivity index (χ1n) is 6.32. The van der Waals surface area contributed by atoms with Crippen molar-refractivity contribution in [2.45, 2.75) is 31.9 Å². The Labute approximate surface area is 112 Å². The number of nitrogens with two attached hydrogens (primary N) is 1. The second-order valence-corrected chi connectivity index (χ2v) is 4.82. The van der Waals surface area contributed by atoms with Crippen molar-refractivity contribution >= 4 is 11.6 Å². The molecule has 100 valence electrons. The van der Waals surface area contributed by atoms with Crippen LogP contribution < -0.4 is 10.6 Å². The number of hydrogen-bond acceptors (Lipinski definition) is 4. The zero-order valence-electron chi connectivity index (χ0n) is 10.8. The minimum absolute atomic E-state index is 0.355. The van der Waals surface area contributed by atoms with Crippen LogP contribution in [0.25, 0.3) is 0 Å². The molecule has 2 rings (SSSR count). The Kier molecular flexibility index (Phi) is 3.72. The number of anilines is 1. The van der Waals surface area contributed by atoms with Gasteiger partial charge in [-0.2, -0.15) is 5.26 Å². The van der Waals surface area contributed by atoms with E-state index in [0.717, 1.165) is 12.1 Å². The third-order valence-corrected chi connectivity index (χ3v) is 3.50. The molecule has 1 heterocycles. The number of aliphatic hydroxyl groups excluding tert-OH is 1. The van der Waals surface area contributed by atoms with E-state index < -0.39 is 6.10 Å². The molecule has 1 aromatic rings. The summed E-state index contributed by atoms with van der Waals surface area (Å²) < 4.78 is 0. The van der Waals surface area contributed by atoms with Gasteiger partial charge in [-0.1, -0.05) is 6.07 Å². The molecule has 0 radical (unpaired) electrons. The molecule has 1 fully saturated rings. The second-order valence-electron chi connectivity index (χ2n) is 4.82. The van der Waals surface area contributed by atoms with Crippen LogP contribution in [0.3, 0.4) is 0 Å². The third kappa shape index (κ3) is 2.54. The SMILES string of the molecule is CC(O)c1ccc(C#N)cc1N1CCCC1C(N)=O. The lowest BCUT2D eigenvalue weighted by Crippen LogP contribution is -2.40. The average Bonchev–Trinajstić information content (AvgIpc) is 2.87. The van der Waals surface area contributed by atoms with Crippen LogP contribution >= 0.6 is 0 Å². The number of amides is 1. The maximum atomic E-state index is 11.5. The molecule has 1 aliphatic heterocycles. The summed E-state index contributed by atoms with van der Waals surface area (Å²) in [7, 11) is 0. The zero-order chi connectivity index (χ0) is 14.0. The van der Waals surface area contributed by atoms with Crippen molar-refractivity contribution in [3.05, 3.63) is 29.3 Å². The number of nitrogens with zero attached hydrogens (tertiary/aromatic N) is 2. The molecule has 1 aliphatic rings. The molecule has 2 atom stereocenters. The fourth-order valence-corrected chi connectivity index (χ4v) is 2.57. The van der Waals surface area contributed by atoms with E-state index >= 15 is 0 Å². The summed E-state index contributed by atoms with van der Waals surface area (Å²) in [5.41, 5.74) is 7.37. The number of aliphatic hydroxyl groups is 1. The van der Waals surface area contributed by atoms with E-state index in [1.54, 1.807) is 25.1 Å². The van der Waals surface area contributed by atoms with Crippen LogP contribution in [0.2, 0.25) is 0 Å². The van der Waals surface area contributed by atoms with E-state index in [-0.39, 0.29) is 11.9 Å². The molecular weight excluding hydrogens is 242 g/mol. The van der Waals surface area contributed by atoms with Gasteiger partial charge in [-0.3, -0.25) is 4.79 Å². The summed E-state index contributed by atoms with van der Waals surface area (Å²) in [6, 6.07) is 6.83. The van der Waals surface area contributed by atoms with Gasteiger partial charge in [0.05, 0.1) is 17.7 Å². The second kappa shape index (κ2) is 5.29. The molecule has 5 nitrogen and oxygen atoms in total. The lowest BCUT2D eigenvalue weighted by Gasteiger charge is -2.27. The fraction of sp³-hybridized carbons (Fsp3) is 0.429. The standard InChI is InChI=1S/C14H17N3O2/c1-9(18)11-5-4-10(8-15)7-13(11)17-6-2-3-12(17)14(16)19/h4-5,7,9,12,18H,2-3,6H2,1H3,(H2,16,19). The number of benzene rings is 1. The number of hydrogen-bond donors (Lipinski definition) is 2. The molecule has 1 saturated heterocycles. The number of carbonyl (C=O) groups is 1. The number of primary amides is 1. The summed E-state index contributed by atoms with van der Waals surface area (Å²) in [6.07, 6.45) is 0.937. The summed E-state index contributed by atoms with van der Waals surface area (Å²) >= 11 is 0. The first-order valence-corrected chi connectivity index (χ1v) is 6.32. The summed E-state index contributed by atoms with van der Waals surface area (Å²) in [5, 5.41) is 18.8. The molecule has 19 heavy (non-hydrogen) atoms. The smallest absolute Gasteiger partial charge is 0.240 e. The van der Waals surface area contributed by atoms with Gasteiger partial charge in [0.25, 0.3) is 0 Å². The highest BCUT2D eigenvalue weighted by atomic mass is 16.3. The average molecular weight is 259 g/mol. The van der Waals surface area contributed by atoms with Gasteiger partial charge in [-0.25, -0.2) is 0 Å². The van der Waals surface area contributed by atoms with Gasteiger partial charge in [0.1, 0.15) is 6.04 Å². The van der Waals surface area contributed by atoms with Crippen molar-refractivity contribution < 1.29 is 9.90 Å². The first kappa shape index (κ1) is 13.4. The molecule has 0 aliphatic carbocycles. The summed E-state index contributed by atoms with van der Waals surface area (Å²) in [6.45, 7) is 2.38. The van der Waals surface area contributed by atoms with Gasteiger partial charge in [0.2, 0.25) is 5.91 Å². The Morgan fingerprint density at radius 1 is 1.63 bits per heavy atom. The van der Waals surface area contributed by atoms with E-state index in [1.807, 2.05) is 4.90 Å². The van der Waals surface area contributed by atoms with E-state index in [1.165, 1.54) is 0 Å². The molecule has 0 saturated carbocycles. The Balaban J connectivity index is 2.47. The predicted molar refractivity (Wildman–Crippen MR) is 71.4 cm³/mol. The lowest BCUT2D eigenvalue weighted by atomic mass is 10.0. The topological polar surface area (TPSA) is 90.3 Å². The van der Waals surface area contributed by atoms with Crippen molar-refractivity contribution in [2.75, 3.05) is 11.4 Å². The van der Waals surface area contributed by atoms with E-state index in [4.69, 9.17) is 11.0 Å². The maximum Gasteiger partial charge on any atom is 0.240 e. The minimum atomic E-state index is -0.656. The Morgan fingerprint density at radius 2 is 2.37 bits per heavy atom. The fourth-order valence-electron chi connectivity index (χ4n) is 2.57. The highest BCUT2D eigenvalue weighted by molar-refractivity contribution is 5.84. The molecule has 1 amide bonds. The van der Waals surface area contributed by atoms with Gasteiger partial charge >= 0.3 is 0 Å². The maximum absolute atomic E-state index is 11.5. The van der Waals surface area contributed by atoms with Crippen molar-refractivity contribution in [2.24, 2.45) is 5.73 Å². The van der Waals surface area contributed by atoms with Gasteiger partial charge in [-0.05, 0) is 31.9 Å². The number of rotatable bonds is 3. The van der Waals surface area contributed by atoms with Crippen LogP contribution in [0, 0.1) is 11.3 Å². The lowest BCUT2D eigenvalue weighted by molar-refractivity contribution is -0.119. The number of carbonyl (C=O) groups excluding carboxylic acids is 1. The van der Waals surface area contributed by atoms with E-state index in [0.29, 0.717) is 24.1 Å². The van der Waals surface area contributed by atoms with Gasteiger partial charge in [0, 0.05) is 17.8 Å². The van der Waals surface area contributed by atoms with E-state index in [9.17, 15) is 9.90 Å². The molecule has 3 N–H and O–H groups in total. The molecule has 0 aromatic heterocycles. The molecular formula is C14H17N3O2. The molecule has 5 heteroatoms. The monoisotopic (exact) mass is 259 g/mol. The van der Waals surface area contributed by atoms with Gasteiger partial charge < -0.3 is 15.7 Å². The Bertz CT molecular complexity index is 534. The highest BCUT2D eigenvalue weighted by Gasteiger charge is 2.31. The van der Waals surface area contributed by atoms with E-state index in [2.05, 4.69) is 6.07 Å².